The van der Waals surface area contributed by atoms with E-state index in [0.29, 0.717) is 12.1 Å². The molecule has 0 radical (unpaired) electrons. The van der Waals surface area contributed by atoms with Crippen molar-refractivity contribution in [3.63, 3.8) is 0 Å². The third kappa shape index (κ3) is 3.02. The molecule has 0 aliphatic carbocycles. The molecule has 3 fully saturated rings. The number of pyridine rings is 2. The van der Waals surface area contributed by atoms with Crippen molar-refractivity contribution in [1.29, 1.82) is 0 Å². The van der Waals surface area contributed by atoms with Crippen LogP contribution in [0, 0.1) is 0 Å². The van der Waals surface area contributed by atoms with Crippen LogP contribution in [-0.2, 0) is 11.8 Å². The number of halogens is 1. The zero-order valence-corrected chi connectivity index (χ0v) is 16.7. The fourth-order valence-corrected chi connectivity index (χ4v) is 4.64. The first kappa shape index (κ1) is 17.1. The molecule has 25 heavy (non-hydrogen) atoms. The number of rotatable bonds is 4. The quantitative estimate of drug-likeness (QED) is 0.725. The molecule has 3 aliphatic heterocycles. The number of piperazine rings is 1. The van der Waals surface area contributed by atoms with Crippen molar-refractivity contribution < 1.29 is 0 Å². The Balaban J connectivity index is 1.50. The zero-order chi connectivity index (χ0) is 17.6. The van der Waals surface area contributed by atoms with Gasteiger partial charge in [-0.2, -0.15) is 0 Å². The van der Waals surface area contributed by atoms with Gasteiger partial charge in [0.15, 0.2) is 0 Å². The number of nitrogens with zero attached hydrogens (tertiary/aromatic N) is 4. The molecule has 2 unspecified atom stereocenters. The molecule has 3 aliphatic rings. The molecular weight excluding hydrogens is 374 g/mol. The molecule has 2 aromatic rings. The van der Waals surface area contributed by atoms with E-state index in [9.17, 15) is 0 Å². The van der Waals surface area contributed by atoms with Gasteiger partial charge in [-0.05, 0) is 57.9 Å². The lowest BCUT2D eigenvalue weighted by molar-refractivity contribution is -0.0303. The van der Waals surface area contributed by atoms with E-state index in [1.165, 1.54) is 12.0 Å². The van der Waals surface area contributed by atoms with Crippen LogP contribution < -0.4 is 4.90 Å². The molecule has 5 heterocycles. The summed E-state index contributed by atoms with van der Waals surface area (Å²) in [4.78, 5) is 14.3. The van der Waals surface area contributed by atoms with E-state index in [4.69, 9.17) is 0 Å². The lowest BCUT2D eigenvalue weighted by Crippen LogP contribution is -2.74. The van der Waals surface area contributed by atoms with Crippen LogP contribution in [0.1, 0.15) is 24.6 Å². The molecule has 0 amide bonds. The van der Waals surface area contributed by atoms with Crippen molar-refractivity contribution in [1.82, 2.24) is 14.9 Å². The van der Waals surface area contributed by atoms with Crippen LogP contribution in [0.4, 0.5) is 5.82 Å². The Morgan fingerprint density at radius 2 is 1.88 bits per heavy atom. The molecule has 0 N–H and O–H groups in total. The van der Waals surface area contributed by atoms with Crippen molar-refractivity contribution >= 4 is 37.4 Å². The normalized spacial score (nSPS) is 23.4. The summed E-state index contributed by atoms with van der Waals surface area (Å²) in [7, 11) is 4.67. The van der Waals surface area contributed by atoms with Gasteiger partial charge in [0.25, 0.3) is 0 Å². The van der Waals surface area contributed by atoms with Gasteiger partial charge >= 0.3 is 0 Å². The summed E-state index contributed by atoms with van der Waals surface area (Å²) in [6.45, 7) is 4.25. The predicted molar refractivity (Wildman–Crippen MR) is 111 cm³/mol. The Labute approximate surface area is 160 Å². The van der Waals surface area contributed by atoms with Crippen molar-refractivity contribution in [3.05, 3.63) is 52.4 Å². The van der Waals surface area contributed by atoms with Crippen LogP contribution in [0.5, 0.6) is 0 Å². The summed E-state index contributed by atoms with van der Waals surface area (Å²) in [5, 5.41) is 0.0199. The Kier molecular flexibility index (Phi) is 4.40. The first-order chi connectivity index (χ1) is 12.0. The number of aryl methyl sites for hydroxylation is 1. The van der Waals surface area contributed by atoms with Gasteiger partial charge in [0.2, 0.25) is 0 Å². The van der Waals surface area contributed by atoms with Gasteiger partial charge in [-0.3, -0.25) is 9.88 Å². The highest BCUT2D eigenvalue weighted by Gasteiger charge is 2.51. The molecule has 2 atom stereocenters. The molecule has 4 nitrogen and oxygen atoms in total. The van der Waals surface area contributed by atoms with E-state index in [0.717, 1.165) is 35.5 Å². The summed E-state index contributed by atoms with van der Waals surface area (Å²) >= 11 is 3.47. The molecule has 0 aromatic carbocycles. The lowest BCUT2D eigenvalue weighted by Gasteiger charge is -2.62. The molecule has 5 rings (SSSR count). The van der Waals surface area contributed by atoms with Gasteiger partial charge in [0.05, 0.1) is 0 Å². The van der Waals surface area contributed by atoms with Gasteiger partial charge in [-0.25, -0.2) is 4.98 Å². The molecule has 7 heteroatoms. The molecule has 2 bridgehead atoms. The molecule has 3 saturated heterocycles. The van der Waals surface area contributed by atoms with Gasteiger partial charge in [0, 0.05) is 47.7 Å². The highest BCUT2D eigenvalue weighted by molar-refractivity contribution is 9.10. The predicted octanol–water partition coefficient (Wildman–Crippen LogP) is 1.14. The fraction of sp³-hybridized carbons (Fsp3) is 0.444. The fourth-order valence-electron chi connectivity index (χ4n) is 4.41. The van der Waals surface area contributed by atoms with Gasteiger partial charge in [-0.1, -0.05) is 13.0 Å². The standard InChI is InChI=1S/C18H23B2BrN4/c1-2-14-5-3-12(8-22-14)18(19,20)25-15-7-16(25)11-24(10-15)17-6-4-13(21)9-23-17/h3-6,8-9,15-16H,2,7,10-11,19-20H2,1H3. The zero-order valence-electron chi connectivity index (χ0n) is 15.1. The number of hydrogen-bond acceptors (Lipinski definition) is 4. The van der Waals surface area contributed by atoms with Crippen molar-refractivity contribution in [2.45, 2.75) is 37.2 Å². The maximum atomic E-state index is 4.62. The summed E-state index contributed by atoms with van der Waals surface area (Å²) < 4.78 is 1.03. The number of aromatic nitrogens is 2. The lowest BCUT2D eigenvalue weighted by atomic mass is 9.54. The SMILES string of the molecule is BC(B)(c1ccc(CC)nc1)N1C2CC1CN(c1ccc(Br)cn1)C2. The van der Waals surface area contributed by atoms with Crippen LogP contribution in [-0.4, -0.2) is 55.7 Å². The summed E-state index contributed by atoms with van der Waals surface area (Å²) in [6.07, 6.45) is 6.24. The minimum absolute atomic E-state index is 0.0199. The maximum Gasteiger partial charge on any atom is 0.128 e. The first-order valence-corrected chi connectivity index (χ1v) is 9.88. The average Bonchev–Trinajstić information content (AvgIpc) is 2.62. The summed E-state index contributed by atoms with van der Waals surface area (Å²) in [6, 6.07) is 9.79. The van der Waals surface area contributed by atoms with Crippen LogP contribution in [0.2, 0.25) is 0 Å². The van der Waals surface area contributed by atoms with Crippen LogP contribution >= 0.6 is 15.9 Å². The number of anilines is 1. The van der Waals surface area contributed by atoms with E-state index in [2.05, 4.69) is 88.8 Å². The second-order valence-corrected chi connectivity index (χ2v) is 8.56. The number of fused-ring (bicyclic) bond motifs is 2. The Morgan fingerprint density at radius 3 is 2.44 bits per heavy atom. The number of piperidine rings is 1. The Hall–Kier alpha value is -1.33. The molecule has 2 aromatic heterocycles. The number of hydrogen-bond donors (Lipinski definition) is 0. The second-order valence-electron chi connectivity index (χ2n) is 7.64. The average molecular weight is 397 g/mol. The van der Waals surface area contributed by atoms with E-state index < -0.39 is 0 Å². The van der Waals surface area contributed by atoms with Crippen LogP contribution in [0.15, 0.2) is 41.1 Å². The van der Waals surface area contributed by atoms with Gasteiger partial charge < -0.3 is 4.90 Å². The van der Waals surface area contributed by atoms with Gasteiger partial charge in [0.1, 0.15) is 21.5 Å². The molecule has 0 spiro atoms. The smallest absolute Gasteiger partial charge is 0.128 e. The van der Waals surface area contributed by atoms with E-state index in [1.54, 1.807) is 0 Å². The van der Waals surface area contributed by atoms with Gasteiger partial charge in [-0.15, -0.1) is 0 Å². The molecule has 0 saturated carbocycles. The topological polar surface area (TPSA) is 32.3 Å². The monoisotopic (exact) mass is 396 g/mol. The molecule has 128 valence electrons. The summed E-state index contributed by atoms with van der Waals surface area (Å²) in [5.41, 5.74) is 2.48. The van der Waals surface area contributed by atoms with Crippen LogP contribution in [0.25, 0.3) is 0 Å². The first-order valence-electron chi connectivity index (χ1n) is 9.09. The minimum Gasteiger partial charge on any atom is -0.353 e. The molecular formula is C18H23B2BrN4. The van der Waals surface area contributed by atoms with Crippen LogP contribution in [0.3, 0.4) is 0 Å². The van der Waals surface area contributed by atoms with Crippen molar-refractivity contribution in [2.24, 2.45) is 0 Å². The highest BCUT2D eigenvalue weighted by atomic mass is 79.9. The van der Waals surface area contributed by atoms with E-state index in [1.807, 2.05) is 6.20 Å². The third-order valence-corrected chi connectivity index (χ3v) is 6.24. The summed E-state index contributed by atoms with van der Waals surface area (Å²) in [5.74, 6) is 1.09. The Bertz CT molecular complexity index is 739. The van der Waals surface area contributed by atoms with E-state index >= 15 is 0 Å². The third-order valence-electron chi connectivity index (χ3n) is 5.77. The Morgan fingerprint density at radius 1 is 1.12 bits per heavy atom. The second kappa shape index (κ2) is 6.44. The highest BCUT2D eigenvalue weighted by Crippen LogP contribution is 2.41. The van der Waals surface area contributed by atoms with Crippen molar-refractivity contribution in [2.75, 3.05) is 18.0 Å². The van der Waals surface area contributed by atoms with E-state index in [-0.39, 0.29) is 5.34 Å². The largest absolute Gasteiger partial charge is 0.353 e. The van der Waals surface area contributed by atoms with Crippen molar-refractivity contribution in [3.8, 4) is 0 Å². The minimum atomic E-state index is 0.0199. The maximum absolute atomic E-state index is 4.62.